The number of amides is 3. The molecule has 0 unspecified atom stereocenters. The van der Waals surface area contributed by atoms with Crippen molar-refractivity contribution in [3.63, 3.8) is 0 Å². The monoisotopic (exact) mass is 450 g/mol. The molecule has 1 aliphatic heterocycles. The van der Waals surface area contributed by atoms with Crippen molar-refractivity contribution in [2.24, 2.45) is 5.92 Å². The van der Waals surface area contributed by atoms with E-state index in [1.165, 1.54) is 22.5 Å². The van der Waals surface area contributed by atoms with Crippen LogP contribution in [0.1, 0.15) is 13.8 Å². The number of piperazine rings is 1. The first-order valence-electron chi connectivity index (χ1n) is 8.85. The predicted molar refractivity (Wildman–Crippen MR) is 108 cm³/mol. The largest absolute Gasteiger partial charge is 0.338 e. The molecular formula is C17H24Cl2N4O4S. The van der Waals surface area contributed by atoms with Crippen LogP contribution in [0.5, 0.6) is 0 Å². The molecular weight excluding hydrogens is 427 g/mol. The number of carbonyl (C=O) groups excluding carboxylic acids is 2. The van der Waals surface area contributed by atoms with Gasteiger partial charge in [0.05, 0.1) is 16.6 Å². The number of nitrogens with one attached hydrogen (secondary N) is 2. The van der Waals surface area contributed by atoms with Gasteiger partial charge < -0.3 is 5.32 Å². The molecule has 1 aromatic carbocycles. The second-order valence-corrected chi connectivity index (χ2v) is 9.58. The van der Waals surface area contributed by atoms with Crippen LogP contribution < -0.4 is 10.6 Å². The van der Waals surface area contributed by atoms with E-state index in [0.717, 1.165) is 0 Å². The molecule has 0 spiro atoms. The molecule has 0 bridgehead atoms. The van der Waals surface area contributed by atoms with E-state index in [2.05, 4.69) is 10.6 Å². The third-order valence-corrected chi connectivity index (χ3v) is 7.03. The van der Waals surface area contributed by atoms with Crippen molar-refractivity contribution in [3.8, 4) is 0 Å². The molecule has 1 aromatic rings. The van der Waals surface area contributed by atoms with Gasteiger partial charge in [0.15, 0.2) is 0 Å². The van der Waals surface area contributed by atoms with Crippen LogP contribution in [0.2, 0.25) is 10.0 Å². The lowest BCUT2D eigenvalue weighted by Crippen LogP contribution is -2.52. The van der Waals surface area contributed by atoms with Crippen LogP contribution in [-0.4, -0.2) is 68.8 Å². The second-order valence-electron chi connectivity index (χ2n) is 6.88. The molecule has 1 saturated heterocycles. The number of rotatable bonds is 6. The SMILES string of the molecule is CC(C)CNC(=O)NC(=O)CN1CCN(S(=O)(=O)c2cccc(Cl)c2Cl)CC1. The van der Waals surface area contributed by atoms with E-state index in [9.17, 15) is 18.0 Å². The molecule has 8 nitrogen and oxygen atoms in total. The van der Waals surface area contributed by atoms with Crippen molar-refractivity contribution in [2.75, 3.05) is 39.3 Å². The third-order valence-electron chi connectivity index (χ3n) is 4.16. The van der Waals surface area contributed by atoms with Crippen LogP contribution in [0.15, 0.2) is 23.1 Å². The number of halogens is 2. The Bertz CT molecular complexity index is 824. The Morgan fingerprint density at radius 1 is 1.14 bits per heavy atom. The number of sulfonamides is 1. The number of carbonyl (C=O) groups is 2. The fourth-order valence-electron chi connectivity index (χ4n) is 2.66. The van der Waals surface area contributed by atoms with Crippen LogP contribution >= 0.6 is 23.2 Å². The maximum atomic E-state index is 12.8. The van der Waals surface area contributed by atoms with Gasteiger partial charge in [-0.15, -0.1) is 0 Å². The molecule has 2 rings (SSSR count). The van der Waals surface area contributed by atoms with Gasteiger partial charge >= 0.3 is 6.03 Å². The van der Waals surface area contributed by atoms with Gasteiger partial charge in [-0.05, 0) is 18.1 Å². The minimum atomic E-state index is -3.78. The van der Waals surface area contributed by atoms with E-state index in [-0.39, 0.29) is 40.5 Å². The second kappa shape index (κ2) is 9.89. The van der Waals surface area contributed by atoms with Gasteiger partial charge in [0.25, 0.3) is 0 Å². The summed E-state index contributed by atoms with van der Waals surface area (Å²) >= 11 is 12.0. The molecule has 3 amide bonds. The number of nitrogens with zero attached hydrogens (tertiary/aromatic N) is 2. The molecule has 156 valence electrons. The Labute approximate surface area is 175 Å². The van der Waals surface area contributed by atoms with E-state index in [0.29, 0.717) is 19.6 Å². The molecule has 0 saturated carbocycles. The lowest BCUT2D eigenvalue weighted by molar-refractivity contribution is -0.121. The Morgan fingerprint density at radius 2 is 1.79 bits per heavy atom. The molecule has 1 aliphatic rings. The molecule has 28 heavy (non-hydrogen) atoms. The van der Waals surface area contributed by atoms with Gasteiger partial charge in [0.2, 0.25) is 15.9 Å². The van der Waals surface area contributed by atoms with Crippen molar-refractivity contribution in [2.45, 2.75) is 18.7 Å². The first kappa shape index (κ1) is 22.9. The van der Waals surface area contributed by atoms with Crippen molar-refractivity contribution in [3.05, 3.63) is 28.2 Å². The minimum absolute atomic E-state index is 0.00150. The van der Waals surface area contributed by atoms with E-state index < -0.39 is 22.0 Å². The number of imide groups is 1. The van der Waals surface area contributed by atoms with Gasteiger partial charge in [0.1, 0.15) is 4.90 Å². The summed E-state index contributed by atoms with van der Waals surface area (Å²) < 4.78 is 26.9. The highest BCUT2D eigenvalue weighted by Gasteiger charge is 2.31. The van der Waals surface area contributed by atoms with Gasteiger partial charge in [0, 0.05) is 32.7 Å². The standard InChI is InChI=1S/C17H24Cl2N4O4S/c1-12(2)10-20-17(25)21-15(24)11-22-6-8-23(9-7-22)28(26,27)14-5-3-4-13(18)16(14)19/h3-5,12H,6-11H2,1-2H3,(H2,20,21,24,25). The maximum Gasteiger partial charge on any atom is 0.321 e. The van der Waals surface area contributed by atoms with Crippen LogP contribution in [0.25, 0.3) is 0 Å². The summed E-state index contributed by atoms with van der Waals surface area (Å²) in [6.45, 7) is 5.52. The van der Waals surface area contributed by atoms with Crippen molar-refractivity contribution < 1.29 is 18.0 Å². The van der Waals surface area contributed by atoms with Crippen LogP contribution in [0, 0.1) is 5.92 Å². The number of hydrogen-bond donors (Lipinski definition) is 2. The molecule has 1 heterocycles. The lowest BCUT2D eigenvalue weighted by atomic mass is 10.2. The van der Waals surface area contributed by atoms with Crippen molar-refractivity contribution in [1.29, 1.82) is 0 Å². The molecule has 11 heteroatoms. The van der Waals surface area contributed by atoms with Gasteiger partial charge in [-0.25, -0.2) is 13.2 Å². The van der Waals surface area contributed by atoms with Gasteiger partial charge in [-0.1, -0.05) is 43.1 Å². The summed E-state index contributed by atoms with van der Waals surface area (Å²) in [5.41, 5.74) is 0. The number of urea groups is 1. The highest BCUT2D eigenvalue weighted by molar-refractivity contribution is 7.89. The van der Waals surface area contributed by atoms with E-state index in [1.807, 2.05) is 13.8 Å². The summed E-state index contributed by atoms with van der Waals surface area (Å²) in [5.74, 6) is -0.153. The normalized spacial score (nSPS) is 16.2. The zero-order chi connectivity index (χ0) is 20.9. The van der Waals surface area contributed by atoms with Crippen LogP contribution in [-0.2, 0) is 14.8 Å². The molecule has 1 fully saturated rings. The quantitative estimate of drug-likeness (QED) is 0.687. The van der Waals surface area contributed by atoms with Crippen LogP contribution in [0.4, 0.5) is 4.79 Å². The number of benzene rings is 1. The summed E-state index contributed by atoms with van der Waals surface area (Å²) in [5, 5.41) is 5.05. The first-order chi connectivity index (χ1) is 13.1. The zero-order valence-electron chi connectivity index (χ0n) is 15.7. The summed E-state index contributed by atoms with van der Waals surface area (Å²) in [7, 11) is -3.78. The fourth-order valence-corrected chi connectivity index (χ4v) is 4.82. The summed E-state index contributed by atoms with van der Waals surface area (Å²) in [6.07, 6.45) is 0. The molecule has 2 N–H and O–H groups in total. The predicted octanol–water partition coefficient (Wildman–Crippen LogP) is 1.78. The zero-order valence-corrected chi connectivity index (χ0v) is 18.1. The van der Waals surface area contributed by atoms with E-state index in [1.54, 1.807) is 4.90 Å². The Kier molecular flexibility index (Phi) is 8.08. The topological polar surface area (TPSA) is 98.8 Å². The van der Waals surface area contributed by atoms with Crippen molar-refractivity contribution in [1.82, 2.24) is 19.8 Å². The molecule has 0 atom stereocenters. The number of hydrogen-bond acceptors (Lipinski definition) is 5. The molecule has 0 aromatic heterocycles. The lowest BCUT2D eigenvalue weighted by Gasteiger charge is -2.33. The van der Waals surface area contributed by atoms with E-state index in [4.69, 9.17) is 23.2 Å². The van der Waals surface area contributed by atoms with E-state index >= 15 is 0 Å². The smallest absolute Gasteiger partial charge is 0.321 e. The molecule has 0 aliphatic carbocycles. The fraction of sp³-hybridized carbons (Fsp3) is 0.529. The molecule has 0 radical (unpaired) electrons. The Hall–Kier alpha value is -1.39. The summed E-state index contributed by atoms with van der Waals surface area (Å²) in [4.78, 5) is 25.4. The minimum Gasteiger partial charge on any atom is -0.338 e. The van der Waals surface area contributed by atoms with Gasteiger partial charge in [-0.3, -0.25) is 15.0 Å². The maximum absolute atomic E-state index is 12.8. The Morgan fingerprint density at radius 3 is 2.39 bits per heavy atom. The highest BCUT2D eigenvalue weighted by Crippen LogP contribution is 2.31. The summed E-state index contributed by atoms with van der Waals surface area (Å²) in [6, 6.07) is 3.94. The van der Waals surface area contributed by atoms with Crippen LogP contribution in [0.3, 0.4) is 0 Å². The third kappa shape index (κ3) is 6.05. The average Bonchev–Trinajstić information content (AvgIpc) is 2.62. The van der Waals surface area contributed by atoms with Crippen molar-refractivity contribution >= 4 is 45.2 Å². The first-order valence-corrected chi connectivity index (χ1v) is 11.0. The average molecular weight is 451 g/mol. The van der Waals surface area contributed by atoms with Gasteiger partial charge in [-0.2, -0.15) is 4.31 Å². The Balaban J connectivity index is 1.88. The highest BCUT2D eigenvalue weighted by atomic mass is 35.5.